The topological polar surface area (TPSA) is 137 Å². The molecule has 12 nitrogen and oxygen atoms in total. The van der Waals surface area contributed by atoms with Crippen LogP contribution in [0.15, 0.2) is 42.6 Å². The number of urea groups is 1. The van der Waals surface area contributed by atoms with Crippen LogP contribution in [-0.4, -0.2) is 77.8 Å². The Bertz CT molecular complexity index is 1610. The number of nitrogens with zero attached hydrogens (tertiary/aromatic N) is 7. The Hall–Kier alpha value is -4.32. The number of fused-ring (bicyclic) bond motifs is 2. The van der Waals surface area contributed by atoms with Crippen LogP contribution in [0.5, 0.6) is 0 Å². The maximum Gasteiger partial charge on any atom is 0.322 e. The maximum absolute atomic E-state index is 13.5. The minimum atomic E-state index is -0.400. The van der Waals surface area contributed by atoms with Gasteiger partial charge in [0.05, 0.1) is 24.3 Å². The van der Waals surface area contributed by atoms with E-state index in [9.17, 15) is 9.59 Å². The molecule has 0 bridgehead atoms. The average molecular weight is 585 g/mol. The molecule has 4 aromatic rings. The Morgan fingerprint density at radius 2 is 1.95 bits per heavy atom. The number of hydrogen-bond donors (Lipinski definition) is 3. The van der Waals surface area contributed by atoms with Crippen LogP contribution in [-0.2, 0) is 24.3 Å². The van der Waals surface area contributed by atoms with Crippen molar-refractivity contribution in [3.63, 3.8) is 0 Å². The Kier molecular flexibility index (Phi) is 7.87. The number of aromatic nitrogens is 6. The van der Waals surface area contributed by atoms with Crippen LogP contribution in [0.2, 0.25) is 0 Å². The van der Waals surface area contributed by atoms with Crippen molar-refractivity contribution in [3.8, 4) is 0 Å². The predicted octanol–water partition coefficient (Wildman–Crippen LogP) is 3.82. The first-order chi connectivity index (χ1) is 20.6. The van der Waals surface area contributed by atoms with Gasteiger partial charge in [-0.05, 0) is 64.4 Å². The number of rotatable bonds is 8. The number of carbonyl (C=O) groups excluding carboxylic acids is 2. The predicted molar refractivity (Wildman–Crippen MR) is 163 cm³/mol. The first kappa shape index (κ1) is 28.8. The molecule has 43 heavy (non-hydrogen) atoms. The molecule has 2 aromatic carbocycles. The van der Waals surface area contributed by atoms with Gasteiger partial charge in [-0.25, -0.2) is 9.48 Å². The second kappa shape index (κ2) is 11.8. The third-order valence-electron chi connectivity index (χ3n) is 8.30. The molecule has 1 unspecified atom stereocenters. The number of para-hydroxylation sites is 1. The van der Waals surface area contributed by atoms with Gasteiger partial charge in [-0.2, -0.15) is 5.10 Å². The summed E-state index contributed by atoms with van der Waals surface area (Å²) in [4.78, 5) is 30.4. The normalized spacial score (nSPS) is 17.1. The van der Waals surface area contributed by atoms with Crippen molar-refractivity contribution in [2.45, 2.75) is 72.1 Å². The van der Waals surface area contributed by atoms with Crippen LogP contribution in [0.25, 0.3) is 10.9 Å². The molecule has 226 valence electrons. The molecule has 12 heteroatoms. The molecular weight excluding hydrogens is 544 g/mol. The molecule has 0 spiro atoms. The third kappa shape index (κ3) is 6.53. The number of likely N-dealkylation sites (tertiary alicyclic amines) is 1. The number of piperidine rings is 1. The molecule has 2 aliphatic rings. The molecule has 1 atom stereocenters. The van der Waals surface area contributed by atoms with Gasteiger partial charge in [0.25, 0.3) is 0 Å². The van der Waals surface area contributed by atoms with Gasteiger partial charge in [0.2, 0.25) is 5.91 Å². The summed E-state index contributed by atoms with van der Waals surface area (Å²) in [6.07, 6.45) is 4.01. The van der Waals surface area contributed by atoms with Gasteiger partial charge >= 0.3 is 6.03 Å². The van der Waals surface area contributed by atoms with Crippen LogP contribution < -0.4 is 10.6 Å². The third-order valence-corrected chi connectivity index (χ3v) is 8.30. The minimum absolute atomic E-state index is 0.0390. The lowest BCUT2D eigenvalue weighted by atomic mass is 9.96. The van der Waals surface area contributed by atoms with E-state index in [1.54, 1.807) is 0 Å². The zero-order chi connectivity index (χ0) is 30.1. The lowest BCUT2D eigenvalue weighted by molar-refractivity contribution is -0.123. The van der Waals surface area contributed by atoms with E-state index < -0.39 is 6.04 Å². The van der Waals surface area contributed by atoms with Gasteiger partial charge in [0.1, 0.15) is 0 Å². The molecular formula is C31H40N10O2. The number of tetrazole rings is 1. The summed E-state index contributed by atoms with van der Waals surface area (Å²) in [7, 11) is 0. The highest BCUT2D eigenvalue weighted by atomic mass is 16.2. The molecule has 3 N–H and O–H groups in total. The molecule has 3 amide bonds. The van der Waals surface area contributed by atoms with E-state index in [1.807, 2.05) is 34.0 Å². The van der Waals surface area contributed by atoms with Gasteiger partial charge in [-0.1, -0.05) is 45.0 Å². The highest BCUT2D eigenvalue weighted by Gasteiger charge is 2.32. The second-order valence-electron chi connectivity index (χ2n) is 13.0. The molecule has 2 aromatic heterocycles. The molecule has 2 aliphatic heterocycles. The van der Waals surface area contributed by atoms with Gasteiger partial charge < -0.3 is 15.5 Å². The first-order valence-corrected chi connectivity index (χ1v) is 15.0. The van der Waals surface area contributed by atoms with Crippen molar-refractivity contribution >= 4 is 28.5 Å². The van der Waals surface area contributed by atoms with Crippen molar-refractivity contribution in [2.24, 2.45) is 5.41 Å². The Morgan fingerprint density at radius 1 is 1.16 bits per heavy atom. The van der Waals surface area contributed by atoms with Crippen LogP contribution in [0.1, 0.15) is 62.2 Å². The minimum Gasteiger partial charge on any atom is -0.345 e. The van der Waals surface area contributed by atoms with Crippen LogP contribution in [0, 0.1) is 12.3 Å². The highest BCUT2D eigenvalue weighted by Crippen LogP contribution is 2.28. The van der Waals surface area contributed by atoms with E-state index in [4.69, 9.17) is 0 Å². The fourth-order valence-corrected chi connectivity index (χ4v) is 6.25. The van der Waals surface area contributed by atoms with E-state index in [0.29, 0.717) is 25.3 Å². The van der Waals surface area contributed by atoms with Crippen molar-refractivity contribution in [2.75, 3.05) is 25.0 Å². The number of anilines is 1. The number of benzene rings is 2. The largest absolute Gasteiger partial charge is 0.345 e. The smallest absolute Gasteiger partial charge is 0.322 e. The molecule has 1 fully saturated rings. The Morgan fingerprint density at radius 3 is 2.74 bits per heavy atom. The van der Waals surface area contributed by atoms with Gasteiger partial charge in [-0.15, -0.1) is 5.10 Å². The van der Waals surface area contributed by atoms with E-state index in [0.717, 1.165) is 59.2 Å². The highest BCUT2D eigenvalue weighted by molar-refractivity contribution is 5.92. The summed E-state index contributed by atoms with van der Waals surface area (Å²) in [6.45, 7) is 11.5. The maximum atomic E-state index is 13.5. The summed E-state index contributed by atoms with van der Waals surface area (Å²) in [5, 5.41) is 27.1. The van der Waals surface area contributed by atoms with E-state index in [-0.39, 0.29) is 29.9 Å². The van der Waals surface area contributed by atoms with E-state index in [1.165, 1.54) is 0 Å². The number of aryl methyl sites for hydroxylation is 1. The summed E-state index contributed by atoms with van der Waals surface area (Å²) in [6, 6.07) is 11.9. The summed E-state index contributed by atoms with van der Waals surface area (Å²) in [5.41, 5.74) is 5.16. The standard InChI is InChI=1S/C31H40N10O2/c1-20-13-21(14-23-16-32-35-28(20)23)15-26(29-36-37-38-41(29)19-31(2,3)4)33-27(42)18-39-11-9-24(10-12-39)40-17-22-7-5-6-8-25(22)34-30(40)43/h5-8,13-14,16,24,26H,9-12,15,17-19H2,1-4H3,(H,32,35)(H,33,42)(H,34,43). The molecule has 6 rings (SSSR count). The zero-order valence-corrected chi connectivity index (χ0v) is 25.3. The average Bonchev–Trinajstić information content (AvgIpc) is 3.62. The fourth-order valence-electron chi connectivity index (χ4n) is 6.25. The first-order valence-electron chi connectivity index (χ1n) is 15.0. The van der Waals surface area contributed by atoms with Crippen molar-refractivity contribution < 1.29 is 9.59 Å². The number of hydrogen-bond acceptors (Lipinski definition) is 7. The second-order valence-corrected chi connectivity index (χ2v) is 13.0. The SMILES string of the molecule is Cc1cc(CC(NC(=O)CN2CCC(N3Cc4ccccc4NC3=O)CC2)c2nnnn2CC(C)(C)C)cc2cn[nH]c12. The van der Waals surface area contributed by atoms with E-state index >= 15 is 0 Å². The Balaban J connectivity index is 1.12. The molecule has 0 aliphatic carbocycles. The van der Waals surface area contributed by atoms with Crippen LogP contribution >= 0.6 is 0 Å². The van der Waals surface area contributed by atoms with Gasteiger partial charge in [0.15, 0.2) is 5.82 Å². The molecule has 4 heterocycles. The van der Waals surface area contributed by atoms with Crippen molar-refractivity contribution in [1.29, 1.82) is 0 Å². The fraction of sp³-hybridized carbons (Fsp3) is 0.484. The Labute approximate surface area is 251 Å². The van der Waals surface area contributed by atoms with Crippen LogP contribution in [0.4, 0.5) is 10.5 Å². The molecule has 1 saturated heterocycles. The number of H-pyrrole nitrogens is 1. The number of amides is 3. The molecule has 0 radical (unpaired) electrons. The lowest BCUT2D eigenvalue weighted by Gasteiger charge is -2.40. The number of nitrogens with one attached hydrogen (secondary N) is 3. The lowest BCUT2D eigenvalue weighted by Crippen LogP contribution is -2.51. The quantitative estimate of drug-likeness (QED) is 0.286. The summed E-state index contributed by atoms with van der Waals surface area (Å²) in [5.74, 6) is 0.572. The number of aromatic amines is 1. The van der Waals surface area contributed by atoms with Crippen molar-refractivity contribution in [1.82, 2.24) is 45.5 Å². The summed E-state index contributed by atoms with van der Waals surface area (Å²) >= 11 is 0. The number of carbonyl (C=O) groups is 2. The zero-order valence-electron chi connectivity index (χ0n) is 25.3. The van der Waals surface area contributed by atoms with E-state index in [2.05, 4.69) is 87.2 Å². The summed E-state index contributed by atoms with van der Waals surface area (Å²) < 4.78 is 1.81. The molecule has 0 saturated carbocycles. The van der Waals surface area contributed by atoms with Gasteiger partial charge in [-0.3, -0.25) is 14.8 Å². The monoisotopic (exact) mass is 584 g/mol. The van der Waals surface area contributed by atoms with Crippen LogP contribution in [0.3, 0.4) is 0 Å². The van der Waals surface area contributed by atoms with Crippen molar-refractivity contribution in [3.05, 3.63) is 65.1 Å². The van der Waals surface area contributed by atoms with Gasteiger partial charge in [0, 0.05) is 49.7 Å².